The van der Waals surface area contributed by atoms with Crippen molar-refractivity contribution in [3.05, 3.63) is 12.2 Å². The third kappa shape index (κ3) is 61.8. The zero-order valence-corrected chi connectivity index (χ0v) is 51.8. The highest BCUT2D eigenvalue weighted by Gasteiger charge is 2.20. The van der Waals surface area contributed by atoms with Gasteiger partial charge in [0.15, 0.2) is 0 Å². The van der Waals surface area contributed by atoms with E-state index in [4.69, 9.17) is 4.74 Å². The standard InChI is InChI=1S/C70H137NO5/c1-3-5-7-9-11-13-15-17-19-21-22-23-24-25-26-27-28-31-34-38-42-46-50-54-58-62-68(73)67(66-72)71-69(74)63-59-55-51-47-43-39-35-32-29-30-33-37-41-45-49-53-57-61-65-76-70(75)64-60-56-52-48-44-40-36-20-18-16-14-12-10-8-6-4-2/h20,36,67-68,72-73H,3-19,21-35,37-66H2,1-2H3,(H,71,74)/b36-20-. The van der Waals surface area contributed by atoms with Gasteiger partial charge in [-0.3, -0.25) is 9.59 Å². The van der Waals surface area contributed by atoms with Crippen molar-refractivity contribution in [2.24, 2.45) is 0 Å². The van der Waals surface area contributed by atoms with Crippen LogP contribution in [0.3, 0.4) is 0 Å². The largest absolute Gasteiger partial charge is 0.466 e. The lowest BCUT2D eigenvalue weighted by Crippen LogP contribution is -2.45. The lowest BCUT2D eigenvalue weighted by molar-refractivity contribution is -0.143. The maximum absolute atomic E-state index is 12.6. The monoisotopic (exact) mass is 1070 g/mol. The molecule has 0 rings (SSSR count). The Hall–Kier alpha value is -1.40. The molecule has 0 heterocycles. The smallest absolute Gasteiger partial charge is 0.305 e. The highest BCUT2D eigenvalue weighted by Crippen LogP contribution is 2.19. The lowest BCUT2D eigenvalue weighted by atomic mass is 10.0. The van der Waals surface area contributed by atoms with E-state index >= 15 is 0 Å². The van der Waals surface area contributed by atoms with Gasteiger partial charge in [-0.1, -0.05) is 347 Å². The molecule has 2 atom stereocenters. The van der Waals surface area contributed by atoms with Gasteiger partial charge in [-0.2, -0.15) is 0 Å². The molecule has 6 nitrogen and oxygen atoms in total. The van der Waals surface area contributed by atoms with Gasteiger partial charge in [-0.25, -0.2) is 0 Å². The highest BCUT2D eigenvalue weighted by molar-refractivity contribution is 5.76. The van der Waals surface area contributed by atoms with E-state index in [0.29, 0.717) is 25.9 Å². The molecule has 0 saturated heterocycles. The van der Waals surface area contributed by atoms with Crippen molar-refractivity contribution in [1.82, 2.24) is 5.32 Å². The van der Waals surface area contributed by atoms with Gasteiger partial charge in [-0.15, -0.1) is 0 Å². The van der Waals surface area contributed by atoms with Crippen LogP contribution in [0.5, 0.6) is 0 Å². The minimum absolute atomic E-state index is 0.00148. The predicted octanol–water partition coefficient (Wildman–Crippen LogP) is 22.4. The van der Waals surface area contributed by atoms with E-state index in [1.54, 1.807) is 0 Å². The number of esters is 1. The fourth-order valence-electron chi connectivity index (χ4n) is 11.2. The summed E-state index contributed by atoms with van der Waals surface area (Å²) in [6.45, 7) is 4.98. The van der Waals surface area contributed by atoms with Crippen LogP contribution in [0.25, 0.3) is 0 Å². The van der Waals surface area contributed by atoms with Crippen molar-refractivity contribution < 1.29 is 24.5 Å². The van der Waals surface area contributed by atoms with E-state index < -0.39 is 12.1 Å². The van der Waals surface area contributed by atoms with Crippen LogP contribution in [0.1, 0.15) is 399 Å². The average Bonchev–Trinajstić information content (AvgIpc) is 3.42. The van der Waals surface area contributed by atoms with Crippen LogP contribution < -0.4 is 5.32 Å². The van der Waals surface area contributed by atoms with Crippen LogP contribution in [0.15, 0.2) is 12.2 Å². The van der Waals surface area contributed by atoms with Crippen molar-refractivity contribution in [1.29, 1.82) is 0 Å². The van der Waals surface area contributed by atoms with Gasteiger partial charge in [0.2, 0.25) is 5.91 Å². The summed E-state index contributed by atoms with van der Waals surface area (Å²) in [7, 11) is 0. The number of hydrogen-bond donors (Lipinski definition) is 3. The molecule has 0 radical (unpaired) electrons. The molecular weight excluding hydrogens is 935 g/mol. The van der Waals surface area contributed by atoms with E-state index in [0.717, 1.165) is 44.9 Å². The van der Waals surface area contributed by atoms with Gasteiger partial charge in [0.1, 0.15) is 0 Å². The number of ether oxygens (including phenoxy) is 1. The summed E-state index contributed by atoms with van der Waals surface area (Å²) in [5, 5.41) is 23.4. The number of unbranched alkanes of at least 4 members (excludes halogenated alkanes) is 53. The molecule has 1 amide bonds. The predicted molar refractivity (Wildman–Crippen MR) is 333 cm³/mol. The molecule has 76 heavy (non-hydrogen) atoms. The molecule has 3 N–H and O–H groups in total. The van der Waals surface area contributed by atoms with Gasteiger partial charge >= 0.3 is 5.97 Å². The van der Waals surface area contributed by atoms with Crippen molar-refractivity contribution in [3.63, 3.8) is 0 Å². The zero-order chi connectivity index (χ0) is 55.0. The van der Waals surface area contributed by atoms with Gasteiger partial charge in [-0.05, 0) is 51.4 Å². The number of hydrogen-bond acceptors (Lipinski definition) is 5. The second kappa shape index (κ2) is 66.1. The van der Waals surface area contributed by atoms with Crippen molar-refractivity contribution in [2.45, 2.75) is 411 Å². The van der Waals surface area contributed by atoms with Crippen molar-refractivity contribution in [2.75, 3.05) is 13.2 Å². The maximum atomic E-state index is 12.6. The van der Waals surface area contributed by atoms with Crippen molar-refractivity contribution >= 4 is 11.9 Å². The number of carbonyl (C=O) groups excluding carboxylic acids is 2. The first kappa shape index (κ1) is 74.6. The summed E-state index contributed by atoms with van der Waals surface area (Å²) in [6, 6.07) is -0.546. The van der Waals surface area contributed by atoms with Gasteiger partial charge in [0, 0.05) is 12.8 Å². The van der Waals surface area contributed by atoms with Gasteiger partial charge < -0.3 is 20.3 Å². The Kier molecular flexibility index (Phi) is 64.9. The third-order valence-corrected chi connectivity index (χ3v) is 16.6. The van der Waals surface area contributed by atoms with Crippen LogP contribution in [0.2, 0.25) is 0 Å². The molecule has 0 aliphatic heterocycles. The topological polar surface area (TPSA) is 95.9 Å². The normalized spacial score (nSPS) is 12.5. The minimum Gasteiger partial charge on any atom is -0.466 e. The summed E-state index contributed by atoms with van der Waals surface area (Å²) in [4.78, 5) is 24.6. The number of carbonyl (C=O) groups is 2. The molecule has 0 aliphatic carbocycles. The number of allylic oxidation sites excluding steroid dienone is 2. The molecule has 0 fully saturated rings. The van der Waals surface area contributed by atoms with Crippen LogP contribution >= 0.6 is 0 Å². The Morgan fingerprint density at radius 3 is 0.934 bits per heavy atom. The fraction of sp³-hybridized carbons (Fsp3) is 0.943. The summed E-state index contributed by atoms with van der Waals surface area (Å²) >= 11 is 0. The van der Waals surface area contributed by atoms with E-state index in [1.807, 2.05) is 0 Å². The third-order valence-electron chi connectivity index (χ3n) is 16.6. The molecule has 2 unspecified atom stereocenters. The molecule has 0 spiro atoms. The quantitative estimate of drug-likeness (QED) is 0.0320. The fourth-order valence-corrected chi connectivity index (χ4v) is 11.2. The number of nitrogens with one attached hydrogen (secondary N) is 1. The Bertz CT molecular complexity index is 1140. The Morgan fingerprint density at radius 1 is 0.355 bits per heavy atom. The molecule has 6 heteroatoms. The molecule has 0 aromatic rings. The number of amides is 1. The number of rotatable bonds is 66. The summed E-state index contributed by atoms with van der Waals surface area (Å²) in [6.07, 6.45) is 81.0. The van der Waals surface area contributed by atoms with E-state index in [1.165, 1.54) is 321 Å². The molecule has 0 aliphatic rings. The van der Waals surface area contributed by atoms with Crippen LogP contribution in [-0.2, 0) is 14.3 Å². The number of aliphatic hydroxyl groups excluding tert-OH is 2. The molecule has 0 saturated carbocycles. The molecule has 0 aromatic heterocycles. The summed E-state index contributed by atoms with van der Waals surface area (Å²) in [5.74, 6) is -0.0324. The first-order valence-electron chi connectivity index (χ1n) is 34.9. The Balaban J connectivity index is 3.40. The molecular formula is C70H137NO5. The summed E-state index contributed by atoms with van der Waals surface area (Å²) < 4.78 is 5.49. The molecule has 0 aromatic carbocycles. The summed E-state index contributed by atoms with van der Waals surface area (Å²) in [5.41, 5.74) is 0. The highest BCUT2D eigenvalue weighted by atomic mass is 16.5. The van der Waals surface area contributed by atoms with Crippen molar-refractivity contribution in [3.8, 4) is 0 Å². The first-order valence-corrected chi connectivity index (χ1v) is 34.9. The van der Waals surface area contributed by atoms with Crippen LogP contribution in [-0.4, -0.2) is 47.4 Å². The lowest BCUT2D eigenvalue weighted by Gasteiger charge is -2.22. The Morgan fingerprint density at radius 2 is 0.618 bits per heavy atom. The SMILES string of the molecule is CCCCCCCCC/C=C\CCCCCCCC(=O)OCCCCCCCCCCCCCCCCCCCCC(=O)NC(CO)C(O)CCCCCCCCCCCCCCCCCCCCCCCCCCC. The van der Waals surface area contributed by atoms with Gasteiger partial charge in [0.25, 0.3) is 0 Å². The zero-order valence-electron chi connectivity index (χ0n) is 51.8. The van der Waals surface area contributed by atoms with Gasteiger partial charge in [0.05, 0.1) is 25.4 Å². The maximum Gasteiger partial charge on any atom is 0.305 e. The number of aliphatic hydroxyl groups is 2. The Labute approximate surface area is 476 Å². The van der Waals surface area contributed by atoms with E-state index in [-0.39, 0.29) is 18.5 Å². The molecule has 452 valence electrons. The van der Waals surface area contributed by atoms with E-state index in [2.05, 4.69) is 31.3 Å². The van der Waals surface area contributed by atoms with Crippen LogP contribution in [0, 0.1) is 0 Å². The molecule has 0 bridgehead atoms. The second-order valence-electron chi connectivity index (χ2n) is 24.2. The first-order chi connectivity index (χ1) is 37.5. The average molecular weight is 1070 g/mol. The van der Waals surface area contributed by atoms with E-state index in [9.17, 15) is 19.8 Å². The minimum atomic E-state index is -0.668. The second-order valence-corrected chi connectivity index (χ2v) is 24.2. The van der Waals surface area contributed by atoms with Crippen LogP contribution in [0.4, 0.5) is 0 Å².